The van der Waals surface area contributed by atoms with Gasteiger partial charge in [-0.05, 0) is 42.3 Å². The molecule has 0 fully saturated rings. The van der Waals surface area contributed by atoms with Crippen molar-refractivity contribution < 1.29 is 9.90 Å². The molecule has 3 heteroatoms. The Labute approximate surface area is 178 Å². The molecule has 0 heterocycles. The summed E-state index contributed by atoms with van der Waals surface area (Å²) in [6.45, 7) is 0.510. The van der Waals surface area contributed by atoms with E-state index in [-0.39, 0.29) is 6.54 Å². The lowest BCUT2D eigenvalue weighted by atomic mass is 10.0. The molecule has 3 aromatic carbocycles. The summed E-state index contributed by atoms with van der Waals surface area (Å²) < 4.78 is 0. The molecular weight excluding hydrogens is 370 g/mol. The number of carboxylic acids is 1. The van der Waals surface area contributed by atoms with E-state index in [0.29, 0.717) is 6.54 Å². The van der Waals surface area contributed by atoms with Gasteiger partial charge in [0, 0.05) is 17.7 Å². The highest BCUT2D eigenvalue weighted by atomic mass is 16.4. The molecule has 0 spiro atoms. The Kier molecular flexibility index (Phi) is 7.60. The number of carboxylic acid groups (broad SMARTS) is 1. The molecule has 0 aliphatic heterocycles. The van der Waals surface area contributed by atoms with Crippen LogP contribution in [0.3, 0.4) is 0 Å². The van der Waals surface area contributed by atoms with E-state index in [1.165, 1.54) is 11.1 Å². The topological polar surface area (TPSA) is 40.5 Å². The number of rotatable bonds is 7. The molecule has 3 nitrogen and oxygen atoms in total. The summed E-state index contributed by atoms with van der Waals surface area (Å²) in [6.07, 6.45) is 2.88. The van der Waals surface area contributed by atoms with Crippen LogP contribution in [-0.4, -0.2) is 36.1 Å². The monoisotopic (exact) mass is 395 g/mol. The second-order valence-electron chi connectivity index (χ2n) is 7.18. The summed E-state index contributed by atoms with van der Waals surface area (Å²) >= 11 is 0. The van der Waals surface area contributed by atoms with Crippen molar-refractivity contribution in [3.63, 3.8) is 0 Å². The van der Waals surface area contributed by atoms with E-state index in [1.54, 1.807) is 11.9 Å². The van der Waals surface area contributed by atoms with Crippen LogP contribution < -0.4 is 0 Å². The molecule has 0 atom stereocenters. The van der Waals surface area contributed by atoms with Gasteiger partial charge in [0.15, 0.2) is 0 Å². The Morgan fingerprint density at radius 2 is 1.50 bits per heavy atom. The van der Waals surface area contributed by atoms with Crippen molar-refractivity contribution in [2.45, 2.75) is 6.42 Å². The summed E-state index contributed by atoms with van der Waals surface area (Å²) in [4.78, 5) is 12.6. The molecule has 30 heavy (non-hydrogen) atoms. The van der Waals surface area contributed by atoms with Crippen molar-refractivity contribution in [2.75, 3.05) is 20.1 Å². The number of hydrogen-bond donors (Lipinski definition) is 1. The Morgan fingerprint density at radius 3 is 2.13 bits per heavy atom. The Morgan fingerprint density at radius 1 is 0.900 bits per heavy atom. The summed E-state index contributed by atoms with van der Waals surface area (Å²) in [6, 6.07) is 28.7. The van der Waals surface area contributed by atoms with Crippen molar-refractivity contribution in [1.82, 2.24) is 4.90 Å². The average molecular weight is 396 g/mol. The first-order valence-corrected chi connectivity index (χ1v) is 9.91. The third-order valence-corrected chi connectivity index (χ3v) is 4.64. The van der Waals surface area contributed by atoms with Crippen LogP contribution in [0.1, 0.15) is 22.3 Å². The Balaban J connectivity index is 1.75. The summed E-state index contributed by atoms with van der Waals surface area (Å²) in [5, 5.41) is 8.94. The molecule has 0 aliphatic carbocycles. The number of benzene rings is 3. The highest BCUT2D eigenvalue weighted by Crippen LogP contribution is 2.14. The highest BCUT2D eigenvalue weighted by Gasteiger charge is 2.04. The lowest BCUT2D eigenvalue weighted by molar-refractivity contribution is -0.137. The first-order chi connectivity index (χ1) is 14.6. The molecule has 0 amide bonds. The van der Waals surface area contributed by atoms with Gasteiger partial charge in [-0.3, -0.25) is 9.69 Å². The maximum Gasteiger partial charge on any atom is 0.317 e. The number of likely N-dealkylation sites (N-methyl/N-ethyl adjacent to an activating group) is 1. The largest absolute Gasteiger partial charge is 0.480 e. The highest BCUT2D eigenvalue weighted by molar-refractivity contribution is 5.79. The number of nitrogens with zero attached hydrogens (tertiary/aromatic N) is 1. The molecule has 0 saturated heterocycles. The zero-order chi connectivity index (χ0) is 21.2. The third kappa shape index (κ3) is 6.77. The van der Waals surface area contributed by atoms with E-state index in [4.69, 9.17) is 5.11 Å². The molecule has 0 bridgehead atoms. The van der Waals surface area contributed by atoms with Crippen LogP contribution in [0.2, 0.25) is 0 Å². The van der Waals surface area contributed by atoms with Gasteiger partial charge in [-0.15, -0.1) is 0 Å². The Hall–Kier alpha value is -3.61. The van der Waals surface area contributed by atoms with Crippen molar-refractivity contribution in [1.29, 1.82) is 0 Å². The fourth-order valence-corrected chi connectivity index (χ4v) is 3.08. The first kappa shape index (κ1) is 21.1. The SMILES string of the molecule is CN(CC=C(C#Cc1ccc(Cc2ccccc2)cc1)c1ccccc1)CC(=O)O. The lowest BCUT2D eigenvalue weighted by Gasteiger charge is -2.11. The van der Waals surface area contributed by atoms with Gasteiger partial charge in [0.05, 0.1) is 6.54 Å². The third-order valence-electron chi connectivity index (χ3n) is 4.64. The number of allylic oxidation sites excluding steroid dienone is 1. The summed E-state index contributed by atoms with van der Waals surface area (Å²) in [5.41, 5.74) is 5.40. The van der Waals surface area contributed by atoms with Crippen LogP contribution in [0, 0.1) is 11.8 Å². The van der Waals surface area contributed by atoms with Crippen LogP contribution in [-0.2, 0) is 11.2 Å². The summed E-state index contributed by atoms with van der Waals surface area (Å²) in [5.74, 6) is 5.67. The van der Waals surface area contributed by atoms with Crippen LogP contribution in [0.5, 0.6) is 0 Å². The maximum atomic E-state index is 10.9. The zero-order valence-electron chi connectivity index (χ0n) is 17.1. The normalized spacial score (nSPS) is 11.1. The number of aliphatic carboxylic acids is 1. The van der Waals surface area contributed by atoms with Gasteiger partial charge in [-0.1, -0.05) is 90.7 Å². The van der Waals surface area contributed by atoms with Gasteiger partial charge in [0.1, 0.15) is 0 Å². The van der Waals surface area contributed by atoms with Crippen molar-refractivity contribution in [3.8, 4) is 11.8 Å². The fourth-order valence-electron chi connectivity index (χ4n) is 3.08. The first-order valence-electron chi connectivity index (χ1n) is 9.91. The van der Waals surface area contributed by atoms with Crippen LogP contribution in [0.15, 0.2) is 91.0 Å². The van der Waals surface area contributed by atoms with E-state index in [1.807, 2.05) is 54.6 Å². The van der Waals surface area contributed by atoms with E-state index in [0.717, 1.165) is 23.1 Å². The van der Waals surface area contributed by atoms with Crippen LogP contribution >= 0.6 is 0 Å². The quantitative estimate of drug-likeness (QED) is 0.588. The minimum absolute atomic E-state index is 0.00508. The van der Waals surface area contributed by atoms with Gasteiger partial charge >= 0.3 is 5.97 Å². The lowest BCUT2D eigenvalue weighted by Crippen LogP contribution is -2.25. The van der Waals surface area contributed by atoms with Gasteiger partial charge in [0.25, 0.3) is 0 Å². The molecule has 1 N–H and O–H groups in total. The predicted molar refractivity (Wildman–Crippen MR) is 122 cm³/mol. The van der Waals surface area contributed by atoms with Gasteiger partial charge in [-0.2, -0.15) is 0 Å². The van der Waals surface area contributed by atoms with Gasteiger partial charge in [0.2, 0.25) is 0 Å². The van der Waals surface area contributed by atoms with Crippen molar-refractivity contribution in [3.05, 3.63) is 113 Å². The smallest absolute Gasteiger partial charge is 0.317 e. The zero-order valence-corrected chi connectivity index (χ0v) is 17.1. The van der Waals surface area contributed by atoms with E-state index < -0.39 is 5.97 Å². The minimum Gasteiger partial charge on any atom is -0.480 e. The van der Waals surface area contributed by atoms with Crippen molar-refractivity contribution >= 4 is 11.5 Å². The molecular formula is C27H25NO2. The molecule has 0 aromatic heterocycles. The average Bonchev–Trinajstić information content (AvgIpc) is 2.76. The molecule has 150 valence electrons. The summed E-state index contributed by atoms with van der Waals surface area (Å²) in [7, 11) is 1.78. The minimum atomic E-state index is -0.839. The van der Waals surface area contributed by atoms with E-state index >= 15 is 0 Å². The number of carbonyl (C=O) groups is 1. The fraction of sp³-hybridized carbons (Fsp3) is 0.148. The Bertz CT molecular complexity index is 1040. The molecule has 0 aliphatic rings. The molecule has 3 rings (SSSR count). The maximum absolute atomic E-state index is 10.9. The second kappa shape index (κ2) is 10.8. The van der Waals surface area contributed by atoms with Gasteiger partial charge < -0.3 is 5.11 Å². The second-order valence-corrected chi connectivity index (χ2v) is 7.18. The molecule has 0 saturated carbocycles. The standard InChI is InChI=1S/C27H25NO2/c1-28(21-27(29)30)19-18-26(25-10-6-3-7-11-25)17-16-22-12-14-24(15-13-22)20-23-8-4-2-5-9-23/h2-15,18H,19-21H2,1H3,(H,29,30). The molecule has 0 radical (unpaired) electrons. The van der Waals surface area contributed by atoms with E-state index in [9.17, 15) is 4.79 Å². The van der Waals surface area contributed by atoms with Gasteiger partial charge in [-0.25, -0.2) is 0 Å². The predicted octanol–water partition coefficient (Wildman–Crippen LogP) is 4.73. The van der Waals surface area contributed by atoms with E-state index in [2.05, 4.69) is 48.2 Å². The van der Waals surface area contributed by atoms with Crippen LogP contribution in [0.25, 0.3) is 5.57 Å². The van der Waals surface area contributed by atoms with Crippen LogP contribution in [0.4, 0.5) is 0 Å². The molecule has 0 unspecified atom stereocenters. The van der Waals surface area contributed by atoms with Crippen molar-refractivity contribution in [2.24, 2.45) is 0 Å². The molecule has 3 aromatic rings. The number of hydrogen-bond acceptors (Lipinski definition) is 2.